The van der Waals surface area contributed by atoms with E-state index in [0.29, 0.717) is 5.75 Å². The van der Waals surface area contributed by atoms with Crippen molar-refractivity contribution in [1.82, 2.24) is 3.97 Å². The molecule has 23 heavy (non-hydrogen) atoms. The van der Waals surface area contributed by atoms with Crippen LogP contribution in [0.3, 0.4) is 0 Å². The Bertz CT molecular complexity index is 945. The minimum absolute atomic E-state index is 0.229. The summed E-state index contributed by atoms with van der Waals surface area (Å²) in [5.41, 5.74) is 1.86. The topological polar surface area (TPSA) is 57.5 Å². The molecule has 1 aliphatic rings. The number of rotatable bonds is 3. The Morgan fingerprint density at radius 2 is 1.48 bits per heavy atom. The number of benzene rings is 2. The zero-order chi connectivity index (χ0) is 15.9. The van der Waals surface area contributed by atoms with Crippen molar-refractivity contribution in [2.75, 3.05) is 6.79 Å². The van der Waals surface area contributed by atoms with Gasteiger partial charge < -0.3 is 9.47 Å². The van der Waals surface area contributed by atoms with Gasteiger partial charge in [-0.15, -0.1) is 0 Å². The Balaban J connectivity index is 1.69. The van der Waals surface area contributed by atoms with Gasteiger partial charge in [-0.25, -0.2) is 12.4 Å². The predicted molar refractivity (Wildman–Crippen MR) is 85.0 cm³/mol. The zero-order valence-electron chi connectivity index (χ0n) is 12.0. The first-order chi connectivity index (χ1) is 11.1. The van der Waals surface area contributed by atoms with Crippen molar-refractivity contribution in [1.29, 1.82) is 0 Å². The first kappa shape index (κ1) is 13.9. The van der Waals surface area contributed by atoms with Gasteiger partial charge in [0.1, 0.15) is 0 Å². The van der Waals surface area contributed by atoms with Gasteiger partial charge >= 0.3 is 0 Å². The number of ether oxygens (including phenoxy) is 2. The smallest absolute Gasteiger partial charge is 0.267 e. The van der Waals surface area contributed by atoms with Crippen LogP contribution in [0, 0.1) is 0 Å². The molecule has 0 saturated heterocycles. The normalized spacial score (nSPS) is 13.2. The van der Waals surface area contributed by atoms with E-state index >= 15 is 0 Å². The van der Waals surface area contributed by atoms with Crippen LogP contribution in [0.1, 0.15) is 0 Å². The molecule has 4 rings (SSSR count). The van der Waals surface area contributed by atoms with Crippen LogP contribution in [0.2, 0.25) is 0 Å². The predicted octanol–water partition coefficient (Wildman–Crippen LogP) is 3.12. The zero-order valence-corrected chi connectivity index (χ0v) is 12.9. The first-order valence-corrected chi connectivity index (χ1v) is 8.47. The average Bonchev–Trinajstić information content (AvgIpc) is 3.26. The maximum absolute atomic E-state index is 12.4. The molecule has 6 heteroatoms. The minimum atomic E-state index is -3.53. The summed E-state index contributed by atoms with van der Waals surface area (Å²) < 4.78 is 36.7. The van der Waals surface area contributed by atoms with Crippen molar-refractivity contribution in [2.24, 2.45) is 0 Å². The molecule has 5 nitrogen and oxygen atoms in total. The van der Waals surface area contributed by atoms with Crippen LogP contribution < -0.4 is 9.47 Å². The second-order valence-corrected chi connectivity index (χ2v) is 6.95. The summed E-state index contributed by atoms with van der Waals surface area (Å²) in [4.78, 5) is 0.248. The van der Waals surface area contributed by atoms with E-state index in [2.05, 4.69) is 0 Å². The van der Waals surface area contributed by atoms with Gasteiger partial charge in [-0.2, -0.15) is 0 Å². The summed E-state index contributed by atoms with van der Waals surface area (Å²) >= 11 is 0. The van der Waals surface area contributed by atoms with Gasteiger partial charge in [-0.1, -0.05) is 18.2 Å². The largest absolute Gasteiger partial charge is 0.454 e. The Hall–Kier alpha value is -2.73. The van der Waals surface area contributed by atoms with Crippen molar-refractivity contribution in [3.8, 4) is 22.6 Å². The number of nitrogens with zero attached hydrogens (tertiary/aromatic N) is 1. The molecule has 0 spiro atoms. The average molecular weight is 327 g/mol. The minimum Gasteiger partial charge on any atom is -0.454 e. The van der Waals surface area contributed by atoms with Gasteiger partial charge in [0, 0.05) is 12.4 Å². The highest BCUT2D eigenvalue weighted by atomic mass is 32.2. The Labute approximate surface area is 133 Å². The molecule has 0 aliphatic carbocycles. The van der Waals surface area contributed by atoms with Crippen LogP contribution >= 0.6 is 0 Å². The van der Waals surface area contributed by atoms with Crippen LogP contribution in [0.4, 0.5) is 0 Å². The standard InChI is InChI=1S/C17H13NO4S/c19-23(20,18-9-1-2-10-18)15-6-3-13(4-7-15)14-5-8-16-17(11-14)22-12-21-16/h1-11H,12H2. The summed E-state index contributed by atoms with van der Waals surface area (Å²) in [7, 11) is -3.53. The van der Waals surface area contributed by atoms with E-state index in [-0.39, 0.29) is 11.7 Å². The van der Waals surface area contributed by atoms with Crippen molar-refractivity contribution in [2.45, 2.75) is 4.90 Å². The highest BCUT2D eigenvalue weighted by molar-refractivity contribution is 7.90. The molecule has 3 aromatic rings. The third-order valence-electron chi connectivity index (χ3n) is 3.71. The van der Waals surface area contributed by atoms with Crippen LogP contribution in [-0.4, -0.2) is 19.2 Å². The fraction of sp³-hybridized carbons (Fsp3) is 0.0588. The fourth-order valence-electron chi connectivity index (χ4n) is 2.50. The summed E-state index contributed by atoms with van der Waals surface area (Å²) in [5.74, 6) is 1.42. The molecule has 0 radical (unpaired) electrons. The van der Waals surface area contributed by atoms with E-state index in [0.717, 1.165) is 16.9 Å². The van der Waals surface area contributed by atoms with E-state index in [9.17, 15) is 8.42 Å². The molecular weight excluding hydrogens is 314 g/mol. The van der Waals surface area contributed by atoms with Crippen molar-refractivity contribution < 1.29 is 17.9 Å². The van der Waals surface area contributed by atoms with Gasteiger partial charge in [0.2, 0.25) is 6.79 Å². The monoisotopic (exact) mass is 327 g/mol. The highest BCUT2D eigenvalue weighted by Gasteiger charge is 2.17. The molecule has 1 aliphatic heterocycles. The Morgan fingerprint density at radius 1 is 0.826 bits per heavy atom. The van der Waals surface area contributed by atoms with E-state index in [1.165, 1.54) is 16.4 Å². The summed E-state index contributed by atoms with van der Waals surface area (Å²) in [5, 5.41) is 0. The van der Waals surface area contributed by atoms with Crippen molar-refractivity contribution in [3.05, 3.63) is 67.0 Å². The summed E-state index contributed by atoms with van der Waals surface area (Å²) in [6.07, 6.45) is 3.03. The SMILES string of the molecule is O=S(=O)(c1ccc(-c2ccc3c(c2)OCO3)cc1)n1cccc1. The lowest BCUT2D eigenvalue weighted by atomic mass is 10.1. The molecule has 0 saturated carbocycles. The van der Waals surface area contributed by atoms with Crippen LogP contribution in [0.15, 0.2) is 71.9 Å². The fourth-order valence-corrected chi connectivity index (χ4v) is 3.68. The number of hydrogen-bond acceptors (Lipinski definition) is 4. The Kier molecular flexibility index (Phi) is 3.12. The van der Waals surface area contributed by atoms with E-state index in [1.807, 2.05) is 18.2 Å². The van der Waals surface area contributed by atoms with Crippen LogP contribution in [-0.2, 0) is 10.0 Å². The molecule has 0 unspecified atom stereocenters. The Morgan fingerprint density at radius 3 is 2.22 bits per heavy atom. The molecule has 1 aromatic heterocycles. The van der Waals surface area contributed by atoms with Gasteiger partial charge in [0.05, 0.1) is 4.90 Å². The molecule has 0 amide bonds. The van der Waals surface area contributed by atoms with Crippen LogP contribution in [0.5, 0.6) is 11.5 Å². The second-order valence-electron chi connectivity index (χ2n) is 5.11. The summed E-state index contributed by atoms with van der Waals surface area (Å²) in [6.45, 7) is 0.229. The third-order valence-corrected chi connectivity index (χ3v) is 5.38. The van der Waals surface area contributed by atoms with Crippen molar-refractivity contribution in [3.63, 3.8) is 0 Å². The van der Waals surface area contributed by atoms with Gasteiger partial charge in [0.25, 0.3) is 10.0 Å². The molecule has 2 aromatic carbocycles. The lowest BCUT2D eigenvalue weighted by molar-refractivity contribution is 0.174. The van der Waals surface area contributed by atoms with Gasteiger partial charge in [-0.05, 0) is 47.5 Å². The van der Waals surface area contributed by atoms with Gasteiger partial charge in [0.15, 0.2) is 11.5 Å². The molecule has 0 bridgehead atoms. The number of aromatic nitrogens is 1. The quantitative estimate of drug-likeness (QED) is 0.741. The molecule has 116 valence electrons. The molecule has 0 N–H and O–H groups in total. The molecular formula is C17H13NO4S. The molecule has 0 atom stereocenters. The lowest BCUT2D eigenvalue weighted by Crippen LogP contribution is -2.10. The lowest BCUT2D eigenvalue weighted by Gasteiger charge is -2.07. The molecule has 2 heterocycles. The maximum atomic E-state index is 12.4. The van der Waals surface area contributed by atoms with E-state index < -0.39 is 10.0 Å². The summed E-state index contributed by atoms with van der Waals surface area (Å²) in [6, 6.07) is 15.8. The van der Waals surface area contributed by atoms with E-state index in [1.54, 1.807) is 36.4 Å². The second kappa shape index (κ2) is 5.17. The highest BCUT2D eigenvalue weighted by Crippen LogP contribution is 2.36. The first-order valence-electron chi connectivity index (χ1n) is 7.03. The third kappa shape index (κ3) is 2.37. The van der Waals surface area contributed by atoms with Crippen molar-refractivity contribution >= 4 is 10.0 Å². The maximum Gasteiger partial charge on any atom is 0.267 e. The molecule has 0 fully saturated rings. The van der Waals surface area contributed by atoms with E-state index in [4.69, 9.17) is 9.47 Å². The van der Waals surface area contributed by atoms with Gasteiger partial charge in [-0.3, -0.25) is 0 Å². The number of fused-ring (bicyclic) bond motifs is 1. The van der Waals surface area contributed by atoms with Crippen LogP contribution in [0.25, 0.3) is 11.1 Å². The number of hydrogen-bond donors (Lipinski definition) is 0.